The van der Waals surface area contributed by atoms with E-state index in [-0.39, 0.29) is 11.6 Å². The lowest BCUT2D eigenvalue weighted by Crippen LogP contribution is -2.55. The van der Waals surface area contributed by atoms with E-state index in [4.69, 9.17) is 4.74 Å². The van der Waals surface area contributed by atoms with E-state index in [9.17, 15) is 0 Å². The molecule has 2 unspecified atom stereocenters. The molecule has 2 N–H and O–H groups in total. The van der Waals surface area contributed by atoms with Crippen molar-refractivity contribution in [2.45, 2.75) is 24.5 Å². The van der Waals surface area contributed by atoms with Gasteiger partial charge in [-0.3, -0.25) is 5.32 Å². The van der Waals surface area contributed by atoms with Crippen LogP contribution in [-0.2, 0) is 10.2 Å². The van der Waals surface area contributed by atoms with Crippen LogP contribution in [0.25, 0.3) is 0 Å². The smallest absolute Gasteiger partial charge is 0.119 e. The van der Waals surface area contributed by atoms with E-state index in [2.05, 4.69) is 41.0 Å². The maximum Gasteiger partial charge on any atom is 0.119 e. The van der Waals surface area contributed by atoms with Crippen molar-refractivity contribution >= 4 is 0 Å². The molecule has 3 rings (SSSR count). The van der Waals surface area contributed by atoms with Gasteiger partial charge in [0.15, 0.2) is 0 Å². The Hall–Kier alpha value is -0.900. The molecule has 2 aliphatic rings. The van der Waals surface area contributed by atoms with Gasteiger partial charge in [-0.2, -0.15) is 0 Å². The van der Waals surface area contributed by atoms with Gasteiger partial charge in [0.2, 0.25) is 0 Å². The predicted molar refractivity (Wildman–Crippen MR) is 68.0 cm³/mol. The first-order valence-electron chi connectivity index (χ1n) is 6.53. The molecule has 0 saturated carbocycles. The summed E-state index contributed by atoms with van der Waals surface area (Å²) in [7, 11) is 0. The molecule has 2 heterocycles. The van der Waals surface area contributed by atoms with Crippen LogP contribution in [-0.4, -0.2) is 32.5 Å². The first-order chi connectivity index (χ1) is 8.42. The van der Waals surface area contributed by atoms with Crippen LogP contribution >= 0.6 is 0 Å². The van der Waals surface area contributed by atoms with Crippen molar-refractivity contribution in [1.29, 1.82) is 0 Å². The van der Waals surface area contributed by atoms with E-state index in [0.717, 1.165) is 26.2 Å². The Morgan fingerprint density at radius 2 is 2.06 bits per heavy atom. The lowest BCUT2D eigenvalue weighted by atomic mass is 9.73. The van der Waals surface area contributed by atoms with Crippen LogP contribution in [0.5, 0.6) is 0 Å². The van der Waals surface area contributed by atoms with Gasteiger partial charge < -0.3 is 10.1 Å². The molecule has 3 heteroatoms. The van der Waals surface area contributed by atoms with Crippen molar-refractivity contribution in [2.75, 3.05) is 26.2 Å². The van der Waals surface area contributed by atoms with E-state index >= 15 is 0 Å². The molecule has 1 aromatic rings. The third kappa shape index (κ3) is 1.99. The number of benzene rings is 1. The zero-order valence-electron chi connectivity index (χ0n) is 10.1. The number of hydrogen-bond acceptors (Lipinski definition) is 3. The fourth-order valence-corrected chi connectivity index (χ4v) is 3.10. The molecule has 3 nitrogen and oxygen atoms in total. The zero-order chi connectivity index (χ0) is 11.6. The molecule has 0 spiro atoms. The normalized spacial score (nSPS) is 33.8. The Morgan fingerprint density at radius 1 is 1.18 bits per heavy atom. The summed E-state index contributed by atoms with van der Waals surface area (Å²) in [5.74, 6) is 0. The van der Waals surface area contributed by atoms with E-state index in [1.54, 1.807) is 0 Å². The highest BCUT2D eigenvalue weighted by molar-refractivity contribution is 5.28. The first-order valence-corrected chi connectivity index (χ1v) is 6.53. The number of rotatable bonds is 2. The van der Waals surface area contributed by atoms with Gasteiger partial charge in [0.25, 0.3) is 0 Å². The third-order valence-corrected chi connectivity index (χ3v) is 3.98. The Labute approximate surface area is 103 Å². The van der Waals surface area contributed by atoms with Crippen LogP contribution in [0.4, 0.5) is 0 Å². The maximum atomic E-state index is 5.90. The molecule has 2 atom stereocenters. The van der Waals surface area contributed by atoms with Gasteiger partial charge >= 0.3 is 0 Å². The van der Waals surface area contributed by atoms with Crippen molar-refractivity contribution < 1.29 is 4.74 Å². The molecule has 2 saturated heterocycles. The summed E-state index contributed by atoms with van der Waals surface area (Å²) in [6.45, 7) is 3.94. The highest BCUT2D eigenvalue weighted by atomic mass is 16.5. The van der Waals surface area contributed by atoms with E-state index in [0.29, 0.717) is 0 Å². The molecule has 17 heavy (non-hydrogen) atoms. The zero-order valence-corrected chi connectivity index (χ0v) is 10.1. The average molecular weight is 232 g/mol. The summed E-state index contributed by atoms with van der Waals surface area (Å²) >= 11 is 0. The summed E-state index contributed by atoms with van der Waals surface area (Å²) in [4.78, 5) is 0. The number of hydrogen-bond donors (Lipinski definition) is 2. The van der Waals surface area contributed by atoms with Gasteiger partial charge in [0, 0.05) is 18.5 Å². The van der Waals surface area contributed by atoms with Crippen molar-refractivity contribution in [3.8, 4) is 0 Å². The minimum absolute atomic E-state index is 0.107. The average Bonchev–Trinajstić information content (AvgIpc) is 2.95. The molecule has 0 aromatic heterocycles. The molecule has 1 aromatic carbocycles. The molecule has 2 fully saturated rings. The monoisotopic (exact) mass is 232 g/mol. The minimum atomic E-state index is 0.107. The predicted octanol–water partition coefficient (Wildman–Crippen LogP) is 1.25. The summed E-state index contributed by atoms with van der Waals surface area (Å²) in [5, 5.41) is 7.03. The molecular formula is C14H20N2O. The largest absolute Gasteiger partial charge is 0.361 e. The summed E-state index contributed by atoms with van der Waals surface area (Å²) < 4.78 is 5.90. The first kappa shape index (κ1) is 11.2. The van der Waals surface area contributed by atoms with Gasteiger partial charge in [-0.1, -0.05) is 30.3 Å². The second-order valence-electron chi connectivity index (χ2n) is 5.01. The van der Waals surface area contributed by atoms with E-state index in [1.165, 1.54) is 18.4 Å². The van der Waals surface area contributed by atoms with Gasteiger partial charge in [-0.05, 0) is 24.9 Å². The lowest BCUT2D eigenvalue weighted by molar-refractivity contribution is 0.0190. The summed E-state index contributed by atoms with van der Waals surface area (Å²) in [6.07, 6.45) is 2.58. The fraction of sp³-hybridized carbons (Fsp3) is 0.571. The van der Waals surface area contributed by atoms with Crippen molar-refractivity contribution in [2.24, 2.45) is 0 Å². The standard InChI is InChI=1S/C14H20N2O/c1-2-5-12(6-3-1)14(7-4-8-15-11-14)13-16-9-10-17-13/h1-3,5-6,13,15-16H,4,7-11H2. The number of piperidine rings is 1. The second kappa shape index (κ2) is 4.77. The molecule has 2 aliphatic heterocycles. The molecule has 92 valence electrons. The molecule has 0 bridgehead atoms. The van der Waals surface area contributed by atoms with Crippen LogP contribution in [0.2, 0.25) is 0 Å². The highest BCUT2D eigenvalue weighted by Crippen LogP contribution is 2.36. The Morgan fingerprint density at radius 3 is 2.71 bits per heavy atom. The lowest BCUT2D eigenvalue weighted by Gasteiger charge is -2.42. The Kier molecular flexibility index (Phi) is 3.14. The van der Waals surface area contributed by atoms with E-state index < -0.39 is 0 Å². The minimum Gasteiger partial charge on any atom is -0.361 e. The van der Waals surface area contributed by atoms with Gasteiger partial charge in [-0.25, -0.2) is 0 Å². The van der Waals surface area contributed by atoms with Crippen LogP contribution in [0.15, 0.2) is 30.3 Å². The molecule has 0 aliphatic carbocycles. The van der Waals surface area contributed by atoms with Crippen LogP contribution < -0.4 is 10.6 Å². The third-order valence-electron chi connectivity index (χ3n) is 3.98. The fourth-order valence-electron chi connectivity index (χ4n) is 3.10. The summed E-state index contributed by atoms with van der Waals surface area (Å²) in [6, 6.07) is 10.8. The molecule has 0 amide bonds. The second-order valence-corrected chi connectivity index (χ2v) is 5.01. The quantitative estimate of drug-likeness (QED) is 0.805. The van der Waals surface area contributed by atoms with Gasteiger partial charge in [0.05, 0.1) is 6.61 Å². The molecule has 0 radical (unpaired) electrons. The van der Waals surface area contributed by atoms with E-state index in [1.807, 2.05) is 0 Å². The van der Waals surface area contributed by atoms with Crippen LogP contribution in [0.3, 0.4) is 0 Å². The van der Waals surface area contributed by atoms with Crippen LogP contribution in [0, 0.1) is 0 Å². The molecular weight excluding hydrogens is 212 g/mol. The topological polar surface area (TPSA) is 33.3 Å². The highest BCUT2D eigenvalue weighted by Gasteiger charge is 2.43. The van der Waals surface area contributed by atoms with Crippen molar-refractivity contribution in [1.82, 2.24) is 10.6 Å². The van der Waals surface area contributed by atoms with Gasteiger partial charge in [-0.15, -0.1) is 0 Å². The SMILES string of the molecule is c1ccc(C2(C3NCCO3)CCCNC2)cc1. The van der Waals surface area contributed by atoms with Crippen molar-refractivity contribution in [3.63, 3.8) is 0 Å². The Balaban J connectivity index is 1.95. The Bertz CT molecular complexity index is 354. The van der Waals surface area contributed by atoms with Crippen LogP contribution in [0.1, 0.15) is 18.4 Å². The van der Waals surface area contributed by atoms with Crippen molar-refractivity contribution in [3.05, 3.63) is 35.9 Å². The maximum absolute atomic E-state index is 5.90. The van der Waals surface area contributed by atoms with Gasteiger partial charge in [0.1, 0.15) is 6.23 Å². The number of nitrogens with one attached hydrogen (secondary N) is 2. The number of ether oxygens (including phenoxy) is 1. The summed E-state index contributed by atoms with van der Waals surface area (Å²) in [5.41, 5.74) is 1.50.